The fraction of sp³-hybridized carbons (Fsp3) is 0.714. The van der Waals surface area contributed by atoms with Crippen LogP contribution in [0.4, 0.5) is 0 Å². The molecule has 1 atom stereocenters. The molecular weight excluding hydrogens is 228 g/mol. The largest absolute Gasteiger partial charge is 0.379 e. The minimum atomic E-state index is 0.349. The SMILES string of the molecule is Cn1ccc(CNCCCOCC2CCCO2)c1. The number of hydrogen-bond donors (Lipinski definition) is 1. The molecule has 1 aliphatic rings. The van der Waals surface area contributed by atoms with Crippen LogP contribution < -0.4 is 5.32 Å². The van der Waals surface area contributed by atoms with Crippen molar-refractivity contribution in [2.45, 2.75) is 31.9 Å². The van der Waals surface area contributed by atoms with E-state index in [2.05, 4.69) is 28.3 Å². The van der Waals surface area contributed by atoms with Gasteiger partial charge in [-0.05, 0) is 37.4 Å². The first-order valence-electron chi connectivity index (χ1n) is 6.85. The van der Waals surface area contributed by atoms with E-state index in [1.165, 1.54) is 12.0 Å². The first-order valence-corrected chi connectivity index (χ1v) is 6.85. The fourth-order valence-electron chi connectivity index (χ4n) is 2.19. The molecular formula is C14H24N2O2. The number of rotatable bonds is 8. The van der Waals surface area contributed by atoms with Crippen molar-refractivity contribution in [2.75, 3.05) is 26.4 Å². The predicted octanol–water partition coefficient (Wildman–Crippen LogP) is 1.70. The van der Waals surface area contributed by atoms with Gasteiger partial charge in [0.25, 0.3) is 0 Å². The summed E-state index contributed by atoms with van der Waals surface area (Å²) in [5.74, 6) is 0. The molecule has 0 amide bonds. The van der Waals surface area contributed by atoms with Crippen LogP contribution in [0.3, 0.4) is 0 Å². The average Bonchev–Trinajstić information content (AvgIpc) is 3.00. The van der Waals surface area contributed by atoms with Crippen LogP contribution in [0, 0.1) is 0 Å². The molecule has 2 rings (SSSR count). The van der Waals surface area contributed by atoms with E-state index < -0.39 is 0 Å². The summed E-state index contributed by atoms with van der Waals surface area (Å²) in [6, 6.07) is 2.14. The van der Waals surface area contributed by atoms with Crippen LogP contribution in [0.5, 0.6) is 0 Å². The lowest BCUT2D eigenvalue weighted by molar-refractivity contribution is 0.0166. The molecule has 0 spiro atoms. The van der Waals surface area contributed by atoms with Gasteiger partial charge in [-0.3, -0.25) is 0 Å². The van der Waals surface area contributed by atoms with Crippen molar-refractivity contribution in [3.05, 3.63) is 24.0 Å². The van der Waals surface area contributed by atoms with Crippen LogP contribution >= 0.6 is 0 Å². The quantitative estimate of drug-likeness (QED) is 0.715. The van der Waals surface area contributed by atoms with Gasteiger partial charge in [0.05, 0.1) is 12.7 Å². The van der Waals surface area contributed by atoms with Crippen LogP contribution in [-0.4, -0.2) is 37.0 Å². The van der Waals surface area contributed by atoms with Crippen molar-refractivity contribution < 1.29 is 9.47 Å². The summed E-state index contributed by atoms with van der Waals surface area (Å²) in [6.45, 7) is 4.43. The number of aryl methyl sites for hydroxylation is 1. The normalized spacial score (nSPS) is 19.5. The Bertz CT molecular complexity index is 332. The second-order valence-corrected chi connectivity index (χ2v) is 4.93. The summed E-state index contributed by atoms with van der Waals surface area (Å²) < 4.78 is 13.2. The number of aromatic nitrogens is 1. The molecule has 1 aliphatic heterocycles. The summed E-state index contributed by atoms with van der Waals surface area (Å²) >= 11 is 0. The lowest BCUT2D eigenvalue weighted by Gasteiger charge is -2.10. The molecule has 0 saturated carbocycles. The highest BCUT2D eigenvalue weighted by Gasteiger charge is 2.14. The Kier molecular flexibility index (Phi) is 5.71. The number of nitrogens with zero attached hydrogens (tertiary/aromatic N) is 1. The molecule has 1 N–H and O–H groups in total. The lowest BCUT2D eigenvalue weighted by Crippen LogP contribution is -2.18. The third-order valence-electron chi connectivity index (χ3n) is 3.19. The minimum absolute atomic E-state index is 0.349. The maximum Gasteiger partial charge on any atom is 0.0809 e. The van der Waals surface area contributed by atoms with Crippen LogP contribution in [0.2, 0.25) is 0 Å². The van der Waals surface area contributed by atoms with Crippen molar-refractivity contribution in [3.63, 3.8) is 0 Å². The average molecular weight is 252 g/mol. The van der Waals surface area contributed by atoms with Crippen LogP contribution in [0.25, 0.3) is 0 Å². The molecule has 4 nitrogen and oxygen atoms in total. The molecule has 102 valence electrons. The van der Waals surface area contributed by atoms with E-state index in [0.29, 0.717) is 6.10 Å². The monoisotopic (exact) mass is 252 g/mol. The van der Waals surface area contributed by atoms with Gasteiger partial charge < -0.3 is 19.4 Å². The highest BCUT2D eigenvalue weighted by atomic mass is 16.5. The van der Waals surface area contributed by atoms with Gasteiger partial charge in [0, 0.05) is 39.2 Å². The number of hydrogen-bond acceptors (Lipinski definition) is 3. The third-order valence-corrected chi connectivity index (χ3v) is 3.19. The number of ether oxygens (including phenoxy) is 2. The predicted molar refractivity (Wildman–Crippen MR) is 71.5 cm³/mol. The molecule has 1 aromatic rings. The molecule has 0 aliphatic carbocycles. The van der Waals surface area contributed by atoms with Gasteiger partial charge in [-0.1, -0.05) is 0 Å². The van der Waals surface area contributed by atoms with Crippen LogP contribution in [0.1, 0.15) is 24.8 Å². The Morgan fingerprint density at radius 3 is 3.22 bits per heavy atom. The van der Waals surface area contributed by atoms with Gasteiger partial charge in [0.15, 0.2) is 0 Å². The zero-order chi connectivity index (χ0) is 12.6. The molecule has 1 fully saturated rings. The van der Waals surface area contributed by atoms with E-state index in [9.17, 15) is 0 Å². The standard InChI is InChI=1S/C14H24N2O2/c1-16-7-5-13(11-16)10-15-6-3-8-17-12-14-4-2-9-18-14/h5,7,11,14-15H,2-4,6,8-10,12H2,1H3. The van der Waals surface area contributed by atoms with Gasteiger partial charge in [-0.2, -0.15) is 0 Å². The maximum absolute atomic E-state index is 5.60. The highest BCUT2D eigenvalue weighted by molar-refractivity contribution is 5.09. The lowest BCUT2D eigenvalue weighted by atomic mass is 10.2. The zero-order valence-electron chi connectivity index (χ0n) is 11.2. The second kappa shape index (κ2) is 7.56. The van der Waals surface area contributed by atoms with Gasteiger partial charge in [-0.25, -0.2) is 0 Å². The van der Waals surface area contributed by atoms with E-state index in [1.54, 1.807) is 0 Å². The van der Waals surface area contributed by atoms with Crippen molar-refractivity contribution in [3.8, 4) is 0 Å². The third kappa shape index (κ3) is 4.80. The smallest absolute Gasteiger partial charge is 0.0809 e. The van der Waals surface area contributed by atoms with Gasteiger partial charge in [-0.15, -0.1) is 0 Å². The summed E-state index contributed by atoms with van der Waals surface area (Å²) in [7, 11) is 2.04. The topological polar surface area (TPSA) is 35.4 Å². The Morgan fingerprint density at radius 2 is 2.50 bits per heavy atom. The highest BCUT2D eigenvalue weighted by Crippen LogP contribution is 2.11. The Morgan fingerprint density at radius 1 is 1.56 bits per heavy atom. The zero-order valence-corrected chi connectivity index (χ0v) is 11.2. The molecule has 1 unspecified atom stereocenters. The Balaban J connectivity index is 1.41. The molecule has 1 aromatic heterocycles. The van der Waals surface area contributed by atoms with Gasteiger partial charge >= 0.3 is 0 Å². The van der Waals surface area contributed by atoms with Crippen molar-refractivity contribution in [2.24, 2.45) is 7.05 Å². The van der Waals surface area contributed by atoms with Gasteiger partial charge in [0.2, 0.25) is 0 Å². The Hall–Kier alpha value is -0.840. The molecule has 1 saturated heterocycles. The maximum atomic E-state index is 5.60. The molecule has 4 heteroatoms. The van der Waals surface area contributed by atoms with E-state index in [4.69, 9.17) is 9.47 Å². The summed E-state index contributed by atoms with van der Waals surface area (Å²) in [5.41, 5.74) is 1.33. The molecule has 0 bridgehead atoms. The second-order valence-electron chi connectivity index (χ2n) is 4.93. The fourth-order valence-corrected chi connectivity index (χ4v) is 2.19. The first-order chi connectivity index (χ1) is 8.84. The number of nitrogens with one attached hydrogen (secondary N) is 1. The van der Waals surface area contributed by atoms with Crippen molar-refractivity contribution >= 4 is 0 Å². The Labute approximate surface area is 109 Å². The first kappa shape index (κ1) is 13.6. The summed E-state index contributed by atoms with van der Waals surface area (Å²) in [5, 5.41) is 3.42. The van der Waals surface area contributed by atoms with Gasteiger partial charge in [0.1, 0.15) is 0 Å². The molecule has 0 radical (unpaired) electrons. The van der Waals surface area contributed by atoms with Crippen molar-refractivity contribution in [1.29, 1.82) is 0 Å². The molecule has 2 heterocycles. The summed E-state index contributed by atoms with van der Waals surface area (Å²) in [4.78, 5) is 0. The molecule has 18 heavy (non-hydrogen) atoms. The van der Waals surface area contributed by atoms with E-state index >= 15 is 0 Å². The van der Waals surface area contributed by atoms with E-state index in [1.807, 2.05) is 7.05 Å². The molecule has 0 aromatic carbocycles. The van der Waals surface area contributed by atoms with Crippen LogP contribution in [0.15, 0.2) is 18.5 Å². The van der Waals surface area contributed by atoms with E-state index in [-0.39, 0.29) is 0 Å². The van der Waals surface area contributed by atoms with E-state index in [0.717, 1.165) is 45.8 Å². The minimum Gasteiger partial charge on any atom is -0.379 e. The van der Waals surface area contributed by atoms with Crippen LogP contribution in [-0.2, 0) is 23.1 Å². The van der Waals surface area contributed by atoms with Crippen molar-refractivity contribution in [1.82, 2.24) is 9.88 Å². The summed E-state index contributed by atoms with van der Waals surface area (Å²) in [6.07, 6.45) is 7.96.